The van der Waals surface area contributed by atoms with E-state index in [9.17, 15) is 9.59 Å². The summed E-state index contributed by atoms with van der Waals surface area (Å²) in [5.41, 5.74) is 3.44. The van der Waals surface area contributed by atoms with Crippen LogP contribution in [0.2, 0.25) is 0 Å². The molecule has 1 aliphatic rings. The Morgan fingerprint density at radius 2 is 1.95 bits per heavy atom. The van der Waals surface area contributed by atoms with E-state index in [4.69, 9.17) is 5.11 Å². The highest BCUT2D eigenvalue weighted by atomic mass is 16.4. The molecule has 4 heteroatoms. The van der Waals surface area contributed by atoms with Crippen LogP contribution >= 0.6 is 0 Å². The van der Waals surface area contributed by atoms with Crippen LogP contribution in [0.5, 0.6) is 0 Å². The quantitative estimate of drug-likeness (QED) is 0.898. The van der Waals surface area contributed by atoms with Gasteiger partial charge in [0.25, 0.3) is 0 Å². The average Bonchev–Trinajstić information content (AvgIpc) is 2.27. The molecule has 1 aliphatic heterocycles. The summed E-state index contributed by atoms with van der Waals surface area (Å²) in [7, 11) is 0. The van der Waals surface area contributed by atoms with E-state index >= 15 is 0 Å². The Hall–Kier alpha value is -1.84. The molecule has 1 heterocycles. The molecule has 102 valence electrons. The van der Waals surface area contributed by atoms with E-state index in [2.05, 4.69) is 0 Å². The number of rotatable bonds is 4. The molecule has 0 bridgehead atoms. The normalized spacial score (nSPS) is 15.2. The van der Waals surface area contributed by atoms with Gasteiger partial charge in [0.2, 0.25) is 5.91 Å². The van der Waals surface area contributed by atoms with Crippen LogP contribution in [0.1, 0.15) is 23.1 Å². The maximum atomic E-state index is 12.0. The fraction of sp³-hybridized carbons (Fsp3) is 0.467. The number of carbonyl (C=O) groups is 2. The largest absolute Gasteiger partial charge is 0.481 e. The molecule has 2 rings (SSSR count). The van der Waals surface area contributed by atoms with E-state index in [0.717, 1.165) is 5.56 Å². The highest BCUT2D eigenvalue weighted by Crippen LogP contribution is 2.20. The fourth-order valence-electron chi connectivity index (χ4n) is 2.35. The molecule has 1 aromatic rings. The molecule has 0 aliphatic carbocycles. The minimum Gasteiger partial charge on any atom is -0.481 e. The van der Waals surface area contributed by atoms with Crippen molar-refractivity contribution >= 4 is 11.9 Å². The zero-order valence-electron chi connectivity index (χ0n) is 11.3. The fourth-order valence-corrected chi connectivity index (χ4v) is 2.35. The maximum absolute atomic E-state index is 12.0. The first-order valence-electron chi connectivity index (χ1n) is 6.51. The number of carboxylic acids is 1. The summed E-state index contributed by atoms with van der Waals surface area (Å²) in [4.78, 5) is 24.3. The third-order valence-electron chi connectivity index (χ3n) is 3.70. The molecule has 19 heavy (non-hydrogen) atoms. The summed E-state index contributed by atoms with van der Waals surface area (Å²) >= 11 is 0. The molecule has 1 fully saturated rings. The highest BCUT2D eigenvalue weighted by Gasteiger charge is 2.31. The number of likely N-dealkylation sites (tertiary alicyclic amines) is 1. The van der Waals surface area contributed by atoms with E-state index in [1.807, 2.05) is 32.0 Å². The third-order valence-corrected chi connectivity index (χ3v) is 3.70. The Bertz CT molecular complexity index is 504. The first-order chi connectivity index (χ1) is 8.95. The number of benzene rings is 1. The number of nitrogens with zero attached hydrogens (tertiary/aromatic N) is 1. The SMILES string of the molecule is Cc1ccc(CC(=O)N2CC(CC(=O)O)C2)cc1C. The first-order valence-corrected chi connectivity index (χ1v) is 6.51. The van der Waals surface area contributed by atoms with Gasteiger partial charge in [0, 0.05) is 19.0 Å². The standard InChI is InChI=1S/C15H19NO3/c1-10-3-4-12(5-11(10)2)6-14(17)16-8-13(9-16)7-15(18)19/h3-5,13H,6-9H2,1-2H3,(H,18,19). The smallest absolute Gasteiger partial charge is 0.303 e. The average molecular weight is 261 g/mol. The predicted octanol–water partition coefficient (Wildman–Crippen LogP) is 1.78. The molecular weight excluding hydrogens is 242 g/mol. The van der Waals surface area contributed by atoms with Crippen molar-refractivity contribution in [3.8, 4) is 0 Å². The Labute approximate surface area is 113 Å². The van der Waals surface area contributed by atoms with E-state index < -0.39 is 5.97 Å². The van der Waals surface area contributed by atoms with Crippen LogP contribution in [0.15, 0.2) is 18.2 Å². The monoisotopic (exact) mass is 261 g/mol. The summed E-state index contributed by atoms with van der Waals surface area (Å²) < 4.78 is 0. The minimum absolute atomic E-state index is 0.0879. The Morgan fingerprint density at radius 3 is 2.53 bits per heavy atom. The predicted molar refractivity (Wildman–Crippen MR) is 71.9 cm³/mol. The summed E-state index contributed by atoms with van der Waals surface area (Å²) in [6, 6.07) is 6.05. The van der Waals surface area contributed by atoms with Gasteiger partial charge in [0.1, 0.15) is 0 Å². The van der Waals surface area contributed by atoms with Crippen LogP contribution in [-0.4, -0.2) is 35.0 Å². The molecule has 1 amide bonds. The Morgan fingerprint density at radius 1 is 1.26 bits per heavy atom. The number of hydrogen-bond acceptors (Lipinski definition) is 2. The van der Waals surface area contributed by atoms with Crippen molar-refractivity contribution in [1.29, 1.82) is 0 Å². The van der Waals surface area contributed by atoms with Crippen molar-refractivity contribution in [3.05, 3.63) is 34.9 Å². The van der Waals surface area contributed by atoms with Crippen molar-refractivity contribution in [3.63, 3.8) is 0 Å². The first kappa shape index (κ1) is 13.6. The van der Waals surface area contributed by atoms with Gasteiger partial charge in [0.05, 0.1) is 12.8 Å². The second-order valence-electron chi connectivity index (χ2n) is 5.36. The van der Waals surface area contributed by atoms with Crippen molar-refractivity contribution in [2.75, 3.05) is 13.1 Å². The van der Waals surface area contributed by atoms with E-state index in [0.29, 0.717) is 19.5 Å². The second-order valence-corrected chi connectivity index (χ2v) is 5.36. The molecule has 0 saturated carbocycles. The number of aryl methyl sites for hydroxylation is 2. The lowest BCUT2D eigenvalue weighted by molar-refractivity contribution is -0.144. The van der Waals surface area contributed by atoms with Crippen LogP contribution in [0, 0.1) is 19.8 Å². The molecule has 0 unspecified atom stereocenters. The Balaban J connectivity index is 1.85. The summed E-state index contributed by atoms with van der Waals surface area (Å²) in [6.07, 6.45) is 0.564. The zero-order valence-corrected chi connectivity index (χ0v) is 11.3. The molecule has 0 radical (unpaired) electrons. The molecule has 0 atom stereocenters. The van der Waals surface area contributed by atoms with Gasteiger partial charge < -0.3 is 10.0 Å². The van der Waals surface area contributed by atoms with Gasteiger partial charge >= 0.3 is 5.97 Å². The van der Waals surface area contributed by atoms with Crippen molar-refractivity contribution in [2.45, 2.75) is 26.7 Å². The lowest BCUT2D eigenvalue weighted by Crippen LogP contribution is -2.51. The summed E-state index contributed by atoms with van der Waals surface area (Å²) in [5, 5.41) is 8.66. The lowest BCUT2D eigenvalue weighted by atomic mass is 9.95. The van der Waals surface area contributed by atoms with Crippen LogP contribution in [0.3, 0.4) is 0 Å². The minimum atomic E-state index is -0.786. The molecule has 1 N–H and O–H groups in total. The Kier molecular flexibility index (Phi) is 3.88. The summed E-state index contributed by atoms with van der Waals surface area (Å²) in [6.45, 7) is 5.24. The lowest BCUT2D eigenvalue weighted by Gasteiger charge is -2.38. The number of carboxylic acid groups (broad SMARTS) is 1. The molecular formula is C15H19NO3. The van der Waals surface area contributed by atoms with Crippen molar-refractivity contribution < 1.29 is 14.7 Å². The van der Waals surface area contributed by atoms with Crippen LogP contribution in [-0.2, 0) is 16.0 Å². The molecule has 0 aromatic heterocycles. The van der Waals surface area contributed by atoms with Crippen molar-refractivity contribution in [2.24, 2.45) is 5.92 Å². The highest BCUT2D eigenvalue weighted by molar-refractivity contribution is 5.80. The zero-order chi connectivity index (χ0) is 14.0. The second kappa shape index (κ2) is 5.43. The van der Waals surface area contributed by atoms with E-state index in [1.165, 1.54) is 11.1 Å². The molecule has 1 aromatic carbocycles. The van der Waals surface area contributed by atoms with E-state index in [-0.39, 0.29) is 18.2 Å². The van der Waals surface area contributed by atoms with Gasteiger partial charge in [-0.2, -0.15) is 0 Å². The van der Waals surface area contributed by atoms with Crippen LogP contribution < -0.4 is 0 Å². The van der Waals surface area contributed by atoms with Gasteiger partial charge in [-0.3, -0.25) is 9.59 Å². The summed E-state index contributed by atoms with van der Waals surface area (Å²) in [5.74, 6) is -0.572. The van der Waals surface area contributed by atoms with Gasteiger partial charge in [0.15, 0.2) is 0 Å². The number of amides is 1. The topological polar surface area (TPSA) is 57.6 Å². The molecule has 4 nitrogen and oxygen atoms in total. The van der Waals surface area contributed by atoms with E-state index in [1.54, 1.807) is 4.90 Å². The maximum Gasteiger partial charge on any atom is 0.303 e. The van der Waals surface area contributed by atoms with Crippen LogP contribution in [0.4, 0.5) is 0 Å². The molecule has 1 saturated heterocycles. The van der Waals surface area contributed by atoms with Gasteiger partial charge in [-0.15, -0.1) is 0 Å². The van der Waals surface area contributed by atoms with Gasteiger partial charge in [-0.1, -0.05) is 18.2 Å². The van der Waals surface area contributed by atoms with Crippen LogP contribution in [0.25, 0.3) is 0 Å². The van der Waals surface area contributed by atoms with Gasteiger partial charge in [-0.05, 0) is 30.5 Å². The number of carbonyl (C=O) groups excluding carboxylic acids is 1. The molecule has 0 spiro atoms. The van der Waals surface area contributed by atoms with Crippen molar-refractivity contribution in [1.82, 2.24) is 4.90 Å². The third kappa shape index (κ3) is 3.34. The number of hydrogen-bond donors (Lipinski definition) is 1. The van der Waals surface area contributed by atoms with Gasteiger partial charge in [-0.25, -0.2) is 0 Å². The number of aliphatic carboxylic acids is 1.